The lowest BCUT2D eigenvalue weighted by atomic mass is 9.76. The number of halogens is 2. The Bertz CT molecular complexity index is 1230. The van der Waals surface area contributed by atoms with Gasteiger partial charge in [-0.15, -0.1) is 0 Å². The van der Waals surface area contributed by atoms with Crippen molar-refractivity contribution in [1.82, 2.24) is 4.90 Å². The minimum atomic E-state index is -0.578. The average molecular weight is 526 g/mol. The maximum Gasteiger partial charge on any atom is 0.175 e. The molecular formula is C26H25BrFN3O3. The number of nitrogens with two attached hydrogens (primary N) is 1. The number of benzene rings is 2. The quantitative estimate of drug-likeness (QED) is 0.550. The van der Waals surface area contributed by atoms with Gasteiger partial charge in [0, 0.05) is 24.7 Å². The topological polar surface area (TPSA) is 88.6 Å². The van der Waals surface area contributed by atoms with Crippen molar-refractivity contribution < 1.29 is 18.7 Å². The zero-order chi connectivity index (χ0) is 24.4. The number of hydrogen-bond donors (Lipinski definition) is 1. The van der Waals surface area contributed by atoms with Gasteiger partial charge in [-0.05, 0) is 71.1 Å². The number of nitrogens with zero attached hydrogens (tertiary/aromatic N) is 2. The number of allylic oxidation sites excluding steroid dienone is 3. The summed E-state index contributed by atoms with van der Waals surface area (Å²) in [4.78, 5) is 14.8. The van der Waals surface area contributed by atoms with Gasteiger partial charge in [0.2, 0.25) is 0 Å². The van der Waals surface area contributed by atoms with Crippen LogP contribution in [0.4, 0.5) is 4.39 Å². The molecule has 1 atom stereocenters. The second-order valence-corrected chi connectivity index (χ2v) is 9.07. The zero-order valence-electron chi connectivity index (χ0n) is 19.0. The van der Waals surface area contributed by atoms with Crippen LogP contribution in [0.15, 0.2) is 63.5 Å². The molecule has 1 heterocycles. The maximum atomic E-state index is 13.2. The normalized spacial score (nSPS) is 18.0. The molecule has 0 bridgehead atoms. The molecule has 4 rings (SSSR count). The van der Waals surface area contributed by atoms with Crippen LogP contribution in [0.1, 0.15) is 43.2 Å². The Morgan fingerprint density at radius 3 is 2.65 bits per heavy atom. The van der Waals surface area contributed by atoms with Crippen LogP contribution >= 0.6 is 15.9 Å². The van der Waals surface area contributed by atoms with Crippen molar-refractivity contribution >= 4 is 21.7 Å². The molecule has 0 radical (unpaired) electrons. The molecular weight excluding hydrogens is 501 g/mol. The summed E-state index contributed by atoms with van der Waals surface area (Å²) in [6.07, 6.45) is 1.93. The van der Waals surface area contributed by atoms with Crippen molar-refractivity contribution in [2.45, 2.75) is 38.7 Å². The first-order chi connectivity index (χ1) is 16.3. The smallest absolute Gasteiger partial charge is 0.175 e. The summed E-state index contributed by atoms with van der Waals surface area (Å²) < 4.78 is 25.7. The molecule has 0 saturated carbocycles. The lowest BCUT2D eigenvalue weighted by Gasteiger charge is -2.37. The minimum Gasteiger partial charge on any atom is -0.490 e. The second-order valence-electron chi connectivity index (χ2n) is 8.22. The van der Waals surface area contributed by atoms with Gasteiger partial charge in [0.15, 0.2) is 17.3 Å². The Morgan fingerprint density at radius 2 is 1.97 bits per heavy atom. The van der Waals surface area contributed by atoms with Crippen LogP contribution in [0.3, 0.4) is 0 Å². The molecule has 34 heavy (non-hydrogen) atoms. The van der Waals surface area contributed by atoms with E-state index in [-0.39, 0.29) is 18.2 Å². The molecule has 0 unspecified atom stereocenters. The standard InChI is InChI=1S/C26H25BrFN3O3/c1-3-33-22-12-16(11-19(27)25(22)34-14-15-7-9-17(28)10-8-15)23-18(13-29)26(30)31(2)20-5-4-6-21(32)24(20)23/h7-12,23H,3-6,14,30H2,1-2H3/t23-/m0/s1. The largest absolute Gasteiger partial charge is 0.490 e. The molecule has 1 aliphatic heterocycles. The summed E-state index contributed by atoms with van der Waals surface area (Å²) in [5.74, 6) is 0.465. The van der Waals surface area contributed by atoms with Gasteiger partial charge in [0.1, 0.15) is 18.2 Å². The highest BCUT2D eigenvalue weighted by atomic mass is 79.9. The van der Waals surface area contributed by atoms with Crippen LogP contribution in [0.5, 0.6) is 11.5 Å². The maximum absolute atomic E-state index is 13.2. The minimum absolute atomic E-state index is 0.0315. The molecule has 0 saturated heterocycles. The molecule has 8 heteroatoms. The van der Waals surface area contributed by atoms with Crippen molar-refractivity contribution in [2.24, 2.45) is 5.73 Å². The zero-order valence-corrected chi connectivity index (χ0v) is 20.6. The number of nitriles is 1. The Labute approximate surface area is 206 Å². The van der Waals surface area contributed by atoms with Crippen molar-refractivity contribution in [3.8, 4) is 17.6 Å². The van der Waals surface area contributed by atoms with Crippen LogP contribution in [0.25, 0.3) is 0 Å². The fourth-order valence-corrected chi connectivity index (χ4v) is 5.06. The van der Waals surface area contributed by atoms with Gasteiger partial charge < -0.3 is 20.1 Å². The molecule has 2 aromatic rings. The van der Waals surface area contributed by atoms with E-state index in [0.717, 1.165) is 29.7 Å². The van der Waals surface area contributed by atoms with Gasteiger partial charge >= 0.3 is 0 Å². The lowest BCUT2D eigenvalue weighted by Crippen LogP contribution is -2.36. The van der Waals surface area contributed by atoms with Crippen LogP contribution in [0.2, 0.25) is 0 Å². The molecule has 0 fully saturated rings. The van der Waals surface area contributed by atoms with E-state index in [2.05, 4.69) is 22.0 Å². The first kappa shape index (κ1) is 23.8. The van der Waals surface area contributed by atoms with Gasteiger partial charge in [0.25, 0.3) is 0 Å². The fourth-order valence-electron chi connectivity index (χ4n) is 4.49. The number of ketones is 1. The van der Waals surface area contributed by atoms with Gasteiger partial charge in [-0.1, -0.05) is 12.1 Å². The van der Waals surface area contributed by atoms with Crippen molar-refractivity contribution in [3.63, 3.8) is 0 Å². The third-order valence-electron chi connectivity index (χ3n) is 6.13. The van der Waals surface area contributed by atoms with E-state index in [1.807, 2.05) is 13.0 Å². The van der Waals surface area contributed by atoms with E-state index >= 15 is 0 Å². The second kappa shape index (κ2) is 9.90. The summed E-state index contributed by atoms with van der Waals surface area (Å²) in [7, 11) is 1.80. The van der Waals surface area contributed by atoms with Crippen molar-refractivity contribution in [1.29, 1.82) is 5.26 Å². The molecule has 0 spiro atoms. The Balaban J connectivity index is 1.77. The number of rotatable bonds is 6. The molecule has 0 amide bonds. The molecule has 176 valence electrons. The number of carbonyl (C=O) groups excluding carboxylic acids is 1. The summed E-state index contributed by atoms with van der Waals surface area (Å²) in [6, 6.07) is 12.0. The monoisotopic (exact) mass is 525 g/mol. The Kier molecular flexibility index (Phi) is 6.94. The average Bonchev–Trinajstić information content (AvgIpc) is 2.82. The van der Waals surface area contributed by atoms with Gasteiger partial charge in [-0.2, -0.15) is 5.26 Å². The first-order valence-electron chi connectivity index (χ1n) is 11.1. The summed E-state index contributed by atoms with van der Waals surface area (Å²) in [6.45, 7) is 2.48. The van der Waals surface area contributed by atoms with Crippen molar-refractivity contribution in [2.75, 3.05) is 13.7 Å². The third kappa shape index (κ3) is 4.40. The Hall–Kier alpha value is -3.31. The number of carbonyl (C=O) groups is 1. The van der Waals surface area contributed by atoms with E-state index < -0.39 is 5.92 Å². The number of Topliss-reactive ketones (excluding diaryl/α,β-unsaturated/α-hetero) is 1. The Morgan fingerprint density at radius 1 is 1.24 bits per heavy atom. The lowest BCUT2D eigenvalue weighted by molar-refractivity contribution is -0.116. The molecule has 2 N–H and O–H groups in total. The van der Waals surface area contributed by atoms with Crippen LogP contribution in [-0.4, -0.2) is 24.3 Å². The summed E-state index contributed by atoms with van der Waals surface area (Å²) in [5, 5.41) is 9.97. The SMILES string of the molecule is CCOc1cc([C@H]2C(C#N)=C(N)N(C)C3=C2C(=O)CCC3)cc(Br)c1OCc1ccc(F)cc1. The molecule has 2 aromatic carbocycles. The van der Waals surface area contributed by atoms with Gasteiger partial charge in [-0.25, -0.2) is 4.39 Å². The van der Waals surface area contributed by atoms with E-state index in [9.17, 15) is 14.4 Å². The molecule has 1 aliphatic carbocycles. The molecule has 2 aliphatic rings. The van der Waals surface area contributed by atoms with Crippen molar-refractivity contribution in [3.05, 3.63) is 80.5 Å². The predicted octanol–water partition coefficient (Wildman–Crippen LogP) is 5.30. The fraction of sp³-hybridized carbons (Fsp3) is 0.308. The van der Waals surface area contributed by atoms with E-state index in [0.29, 0.717) is 46.0 Å². The third-order valence-corrected chi connectivity index (χ3v) is 6.72. The van der Waals surface area contributed by atoms with Gasteiger partial charge in [-0.3, -0.25) is 4.79 Å². The number of ether oxygens (including phenoxy) is 2. The van der Waals surface area contributed by atoms with Crippen LogP contribution < -0.4 is 15.2 Å². The highest BCUT2D eigenvalue weighted by Crippen LogP contribution is 2.47. The van der Waals surface area contributed by atoms with E-state index in [1.165, 1.54) is 12.1 Å². The number of hydrogen-bond acceptors (Lipinski definition) is 6. The highest BCUT2D eigenvalue weighted by Gasteiger charge is 2.39. The van der Waals surface area contributed by atoms with Gasteiger partial charge in [0.05, 0.1) is 28.6 Å². The molecule has 0 aromatic heterocycles. The summed E-state index contributed by atoms with van der Waals surface area (Å²) >= 11 is 3.59. The van der Waals surface area contributed by atoms with E-state index in [1.54, 1.807) is 30.1 Å². The van der Waals surface area contributed by atoms with Crippen LogP contribution in [-0.2, 0) is 11.4 Å². The predicted molar refractivity (Wildman–Crippen MR) is 129 cm³/mol. The highest BCUT2D eigenvalue weighted by molar-refractivity contribution is 9.10. The van der Waals surface area contributed by atoms with Crippen LogP contribution in [0, 0.1) is 17.1 Å². The van der Waals surface area contributed by atoms with E-state index in [4.69, 9.17) is 15.2 Å². The first-order valence-corrected chi connectivity index (χ1v) is 11.9. The molecule has 6 nitrogen and oxygen atoms in total. The summed E-state index contributed by atoms with van der Waals surface area (Å²) in [5.41, 5.74) is 9.69.